The van der Waals surface area contributed by atoms with Gasteiger partial charge in [0.25, 0.3) is 0 Å². The summed E-state index contributed by atoms with van der Waals surface area (Å²) in [5, 5.41) is 15.2. The van der Waals surface area contributed by atoms with E-state index in [9.17, 15) is 0 Å². The van der Waals surface area contributed by atoms with E-state index in [2.05, 4.69) is 30.6 Å². The van der Waals surface area contributed by atoms with Gasteiger partial charge in [-0.3, -0.25) is 0 Å². The number of ether oxygens (including phenoxy) is 1. The van der Waals surface area contributed by atoms with Crippen molar-refractivity contribution in [1.29, 1.82) is 0 Å². The molecule has 0 bridgehead atoms. The molecule has 2 aromatic heterocycles. The van der Waals surface area contributed by atoms with Crippen LogP contribution < -0.4 is 15.5 Å². The Morgan fingerprint density at radius 3 is 2.48 bits per heavy atom. The number of aromatic nitrogens is 4. The highest BCUT2D eigenvalue weighted by Crippen LogP contribution is 2.24. The smallest absolute Gasteiger partial charge is 0.227 e. The number of aliphatic hydroxyl groups is 1. The molecule has 0 amide bonds. The third-order valence-corrected chi connectivity index (χ3v) is 2.87. The molecule has 2 heterocycles. The molecule has 3 N–H and O–H groups in total. The Morgan fingerprint density at radius 1 is 1.09 bits per heavy atom. The summed E-state index contributed by atoms with van der Waals surface area (Å²) in [5.74, 6) is 1.74. The fraction of sp³-hybridized carbons (Fsp3) is 0.538. The van der Waals surface area contributed by atoms with Gasteiger partial charge in [0.1, 0.15) is 17.4 Å². The van der Waals surface area contributed by atoms with E-state index in [1.807, 2.05) is 19.0 Å². The van der Waals surface area contributed by atoms with Crippen LogP contribution in [0.5, 0.6) is 0 Å². The fourth-order valence-electron chi connectivity index (χ4n) is 1.83. The number of anilines is 3. The van der Waals surface area contributed by atoms with Crippen molar-refractivity contribution in [2.75, 3.05) is 63.0 Å². The Morgan fingerprint density at radius 2 is 1.83 bits per heavy atom. The van der Waals surface area contributed by atoms with Crippen molar-refractivity contribution in [2.45, 2.75) is 0 Å². The molecule has 9 nitrogen and oxygen atoms in total. The maximum atomic E-state index is 8.97. The Balaban J connectivity index is 0.00000264. The second kappa shape index (κ2) is 9.23. The van der Waals surface area contributed by atoms with Gasteiger partial charge in [0, 0.05) is 34.3 Å². The monoisotopic (exact) mass is 343 g/mol. The van der Waals surface area contributed by atoms with Crippen LogP contribution >= 0.6 is 12.4 Å². The Kier molecular flexibility index (Phi) is 7.66. The van der Waals surface area contributed by atoms with E-state index in [1.54, 1.807) is 7.11 Å². The molecule has 2 aromatic rings. The molecule has 0 radical (unpaired) electrons. The number of hydrogen-bond donors (Lipinski definition) is 3. The van der Waals surface area contributed by atoms with Gasteiger partial charge in [-0.05, 0) is 0 Å². The van der Waals surface area contributed by atoms with Gasteiger partial charge >= 0.3 is 0 Å². The lowest BCUT2D eigenvalue weighted by molar-refractivity contribution is 0.210. The quantitative estimate of drug-likeness (QED) is 0.586. The number of nitrogens with zero attached hydrogens (tertiary/aromatic N) is 5. The molecule has 0 atom stereocenters. The molecule has 10 heteroatoms. The SMILES string of the molecule is COCCNc1nc(N(C)C)nc2c(NCCO)ncnc12.Cl. The molecule has 0 fully saturated rings. The highest BCUT2D eigenvalue weighted by molar-refractivity contribution is 5.93. The number of fused-ring (bicyclic) bond motifs is 1. The van der Waals surface area contributed by atoms with Crippen LogP contribution in [0.15, 0.2) is 6.33 Å². The average molecular weight is 344 g/mol. The van der Waals surface area contributed by atoms with E-state index in [1.165, 1.54) is 6.33 Å². The van der Waals surface area contributed by atoms with Crippen molar-refractivity contribution in [2.24, 2.45) is 0 Å². The van der Waals surface area contributed by atoms with Crippen LogP contribution in [0, 0.1) is 0 Å². The number of rotatable bonds is 8. The van der Waals surface area contributed by atoms with Crippen LogP contribution in [0.3, 0.4) is 0 Å². The summed E-state index contributed by atoms with van der Waals surface area (Å²) in [4.78, 5) is 19.2. The third-order valence-electron chi connectivity index (χ3n) is 2.87. The van der Waals surface area contributed by atoms with Gasteiger partial charge in [-0.2, -0.15) is 4.98 Å². The lowest BCUT2D eigenvalue weighted by Crippen LogP contribution is -2.17. The Labute approximate surface area is 140 Å². The van der Waals surface area contributed by atoms with Crippen molar-refractivity contribution in [3.05, 3.63) is 6.33 Å². The van der Waals surface area contributed by atoms with Crippen LogP contribution in [0.2, 0.25) is 0 Å². The van der Waals surface area contributed by atoms with Gasteiger partial charge < -0.3 is 25.4 Å². The van der Waals surface area contributed by atoms with E-state index in [-0.39, 0.29) is 19.0 Å². The van der Waals surface area contributed by atoms with Crippen molar-refractivity contribution in [3.8, 4) is 0 Å². The molecule has 2 rings (SSSR count). The zero-order valence-electron chi connectivity index (χ0n) is 13.4. The summed E-state index contributed by atoms with van der Waals surface area (Å²) in [7, 11) is 5.37. The molecule has 0 aromatic carbocycles. The Bertz CT molecular complexity index is 627. The highest BCUT2D eigenvalue weighted by atomic mass is 35.5. The number of hydrogen-bond acceptors (Lipinski definition) is 9. The molecule has 23 heavy (non-hydrogen) atoms. The molecule has 0 aliphatic rings. The van der Waals surface area contributed by atoms with Crippen LogP contribution in [0.4, 0.5) is 17.6 Å². The van der Waals surface area contributed by atoms with Gasteiger partial charge in [0.15, 0.2) is 11.6 Å². The van der Waals surface area contributed by atoms with E-state index in [0.29, 0.717) is 48.3 Å². The lowest BCUT2D eigenvalue weighted by Gasteiger charge is -2.15. The molecule has 128 valence electrons. The minimum Gasteiger partial charge on any atom is -0.395 e. The van der Waals surface area contributed by atoms with Gasteiger partial charge in [0.05, 0.1) is 13.2 Å². The summed E-state index contributed by atoms with van der Waals surface area (Å²) in [6, 6.07) is 0. The number of halogens is 1. The highest BCUT2D eigenvalue weighted by Gasteiger charge is 2.14. The lowest BCUT2D eigenvalue weighted by atomic mass is 10.3. The number of nitrogens with one attached hydrogen (secondary N) is 2. The predicted octanol–water partition coefficient (Wildman–Crippen LogP) is 0.370. The summed E-state index contributed by atoms with van der Waals surface area (Å²) < 4.78 is 5.04. The second-order valence-electron chi connectivity index (χ2n) is 4.76. The molecule has 0 unspecified atom stereocenters. The topological polar surface area (TPSA) is 108 Å². The summed E-state index contributed by atoms with van der Waals surface area (Å²) in [6.07, 6.45) is 1.45. The molecule has 0 spiro atoms. The van der Waals surface area contributed by atoms with Crippen LogP contribution in [-0.4, -0.2) is 72.6 Å². The second-order valence-corrected chi connectivity index (χ2v) is 4.76. The zero-order chi connectivity index (χ0) is 15.9. The fourth-order valence-corrected chi connectivity index (χ4v) is 1.83. The van der Waals surface area contributed by atoms with E-state index >= 15 is 0 Å². The van der Waals surface area contributed by atoms with E-state index in [0.717, 1.165) is 0 Å². The standard InChI is InChI=1S/C13H21N7O2.ClH/c1-20(2)13-18-10-9(12(19-13)15-5-7-22-3)16-8-17-11(10)14-4-6-21;/h8,21H,4-7H2,1-3H3,(H,14,16,17)(H,15,18,19);1H. The molecular formula is C13H22ClN7O2. The minimum atomic E-state index is 0. The van der Waals surface area contributed by atoms with Gasteiger partial charge in [-0.25, -0.2) is 15.0 Å². The maximum Gasteiger partial charge on any atom is 0.227 e. The third kappa shape index (κ3) is 4.75. The van der Waals surface area contributed by atoms with Crippen LogP contribution in [0.25, 0.3) is 11.0 Å². The number of aliphatic hydroxyl groups excluding tert-OH is 1. The van der Waals surface area contributed by atoms with Crippen molar-refractivity contribution >= 4 is 41.0 Å². The first kappa shape index (κ1) is 19.1. The molecule has 0 aliphatic carbocycles. The van der Waals surface area contributed by atoms with Crippen molar-refractivity contribution in [1.82, 2.24) is 19.9 Å². The van der Waals surface area contributed by atoms with Crippen molar-refractivity contribution in [3.63, 3.8) is 0 Å². The zero-order valence-corrected chi connectivity index (χ0v) is 14.2. The molecule has 0 saturated carbocycles. The molecule has 0 aliphatic heterocycles. The summed E-state index contributed by atoms with van der Waals surface area (Å²) in [6.45, 7) is 1.57. The maximum absolute atomic E-state index is 8.97. The van der Waals surface area contributed by atoms with Gasteiger partial charge in [-0.15, -0.1) is 12.4 Å². The predicted molar refractivity (Wildman–Crippen MR) is 92.6 cm³/mol. The van der Waals surface area contributed by atoms with Crippen LogP contribution in [-0.2, 0) is 4.74 Å². The normalized spacial score (nSPS) is 10.3. The molecule has 0 saturated heterocycles. The first-order chi connectivity index (χ1) is 10.7. The van der Waals surface area contributed by atoms with E-state index < -0.39 is 0 Å². The summed E-state index contributed by atoms with van der Waals surface area (Å²) in [5.41, 5.74) is 1.23. The average Bonchev–Trinajstić information content (AvgIpc) is 2.52. The number of methoxy groups -OCH3 is 1. The first-order valence-corrected chi connectivity index (χ1v) is 6.95. The van der Waals surface area contributed by atoms with Crippen LogP contribution in [0.1, 0.15) is 0 Å². The summed E-state index contributed by atoms with van der Waals surface area (Å²) >= 11 is 0. The van der Waals surface area contributed by atoms with Gasteiger partial charge in [-0.1, -0.05) is 0 Å². The van der Waals surface area contributed by atoms with E-state index in [4.69, 9.17) is 9.84 Å². The van der Waals surface area contributed by atoms with Crippen molar-refractivity contribution < 1.29 is 9.84 Å². The largest absolute Gasteiger partial charge is 0.395 e. The van der Waals surface area contributed by atoms with Gasteiger partial charge in [0.2, 0.25) is 5.95 Å². The Hall–Kier alpha value is -1.97. The first-order valence-electron chi connectivity index (χ1n) is 6.95. The minimum absolute atomic E-state index is 0. The molecular weight excluding hydrogens is 322 g/mol.